The van der Waals surface area contributed by atoms with Crippen molar-refractivity contribution in [2.75, 3.05) is 20.1 Å². The second-order valence-corrected chi connectivity index (χ2v) is 5.58. The molecule has 2 fully saturated rings. The van der Waals surface area contributed by atoms with Crippen molar-refractivity contribution in [2.45, 2.75) is 31.7 Å². The van der Waals surface area contributed by atoms with E-state index in [0.29, 0.717) is 19.4 Å². The minimum Gasteiger partial charge on any atom is -0.358 e. The Balaban J connectivity index is 1.71. The highest BCUT2D eigenvalue weighted by atomic mass is 16.2. The quantitative estimate of drug-likeness (QED) is 0.787. The summed E-state index contributed by atoms with van der Waals surface area (Å²) in [6.07, 6.45) is 6.43. The maximum atomic E-state index is 12.6. The molecule has 0 spiro atoms. The van der Waals surface area contributed by atoms with E-state index in [0.717, 1.165) is 19.4 Å². The van der Waals surface area contributed by atoms with Gasteiger partial charge in [0.25, 0.3) is 0 Å². The highest BCUT2D eigenvalue weighted by molar-refractivity contribution is 6.07. The second kappa shape index (κ2) is 4.88. The van der Waals surface area contributed by atoms with Gasteiger partial charge in [0.1, 0.15) is 18.1 Å². The first-order valence-corrected chi connectivity index (χ1v) is 7.03. The topological polar surface area (TPSA) is 80.1 Å². The van der Waals surface area contributed by atoms with Gasteiger partial charge in [-0.05, 0) is 25.7 Å². The Morgan fingerprint density at radius 3 is 2.80 bits per heavy atom. The Hall–Kier alpha value is -1.92. The standard InChI is InChI=1S/C13H19N5O2/c1-14-11(19)13(4-5-13)12(20)17-6-2-3-10(7-17)18-9-15-8-16-18/h8-10H,2-7H2,1H3,(H,14,19)/t10-/m0/s1. The number of amides is 2. The molecule has 0 radical (unpaired) electrons. The first-order valence-electron chi connectivity index (χ1n) is 7.03. The number of nitrogens with zero attached hydrogens (tertiary/aromatic N) is 4. The van der Waals surface area contributed by atoms with E-state index < -0.39 is 5.41 Å². The first-order chi connectivity index (χ1) is 9.67. The smallest absolute Gasteiger partial charge is 0.238 e. The normalized spacial score (nSPS) is 24.2. The van der Waals surface area contributed by atoms with Gasteiger partial charge >= 0.3 is 0 Å². The minimum atomic E-state index is -0.793. The van der Waals surface area contributed by atoms with Crippen LogP contribution >= 0.6 is 0 Å². The van der Waals surface area contributed by atoms with Crippen molar-refractivity contribution in [1.82, 2.24) is 25.0 Å². The number of hydrogen-bond donors (Lipinski definition) is 1. The average molecular weight is 277 g/mol. The molecule has 2 amide bonds. The molecule has 1 aromatic rings. The van der Waals surface area contributed by atoms with E-state index >= 15 is 0 Å². The number of piperidine rings is 1. The number of aromatic nitrogens is 3. The van der Waals surface area contributed by atoms with E-state index in [4.69, 9.17) is 0 Å². The van der Waals surface area contributed by atoms with Crippen molar-refractivity contribution in [2.24, 2.45) is 5.41 Å². The summed E-state index contributed by atoms with van der Waals surface area (Å²) < 4.78 is 1.80. The summed E-state index contributed by atoms with van der Waals surface area (Å²) in [5.74, 6) is -0.174. The van der Waals surface area contributed by atoms with Gasteiger partial charge < -0.3 is 10.2 Å². The summed E-state index contributed by atoms with van der Waals surface area (Å²) in [7, 11) is 1.59. The van der Waals surface area contributed by atoms with E-state index in [1.807, 2.05) is 4.90 Å². The van der Waals surface area contributed by atoms with Crippen LogP contribution in [0.25, 0.3) is 0 Å². The van der Waals surface area contributed by atoms with Gasteiger partial charge in [-0.15, -0.1) is 0 Å². The number of carbonyl (C=O) groups is 2. The zero-order valence-electron chi connectivity index (χ0n) is 11.6. The lowest BCUT2D eigenvalue weighted by atomic mass is 10.00. The van der Waals surface area contributed by atoms with Crippen molar-refractivity contribution in [3.05, 3.63) is 12.7 Å². The third kappa shape index (κ3) is 2.07. The van der Waals surface area contributed by atoms with Crippen molar-refractivity contribution in [1.29, 1.82) is 0 Å². The maximum absolute atomic E-state index is 12.6. The van der Waals surface area contributed by atoms with Gasteiger partial charge in [0.05, 0.1) is 6.04 Å². The predicted molar refractivity (Wildman–Crippen MR) is 70.6 cm³/mol. The van der Waals surface area contributed by atoms with Crippen LogP contribution in [0.4, 0.5) is 0 Å². The highest BCUT2D eigenvalue weighted by Gasteiger charge is 2.57. The summed E-state index contributed by atoms with van der Waals surface area (Å²) in [6.45, 7) is 1.34. The predicted octanol–water partition coefficient (Wildman–Crippen LogP) is -0.0322. The minimum absolute atomic E-state index is 0.0262. The Morgan fingerprint density at radius 1 is 1.40 bits per heavy atom. The van der Waals surface area contributed by atoms with Crippen LogP contribution in [0.3, 0.4) is 0 Å². The molecule has 1 N–H and O–H groups in total. The molecule has 7 nitrogen and oxygen atoms in total. The molecule has 7 heteroatoms. The lowest BCUT2D eigenvalue weighted by Gasteiger charge is -2.34. The van der Waals surface area contributed by atoms with Gasteiger partial charge in [-0.2, -0.15) is 5.10 Å². The Labute approximate surface area is 117 Å². The molecule has 1 saturated carbocycles. The van der Waals surface area contributed by atoms with Gasteiger partial charge in [-0.25, -0.2) is 9.67 Å². The monoisotopic (exact) mass is 277 g/mol. The summed E-state index contributed by atoms with van der Waals surface area (Å²) in [4.78, 5) is 30.3. The molecule has 0 aromatic carbocycles. The van der Waals surface area contributed by atoms with Gasteiger partial charge in [-0.3, -0.25) is 9.59 Å². The molecule has 2 aliphatic rings. The Bertz CT molecular complexity index is 509. The molecule has 1 aliphatic carbocycles. The number of nitrogens with one attached hydrogen (secondary N) is 1. The van der Waals surface area contributed by atoms with Crippen LogP contribution in [0, 0.1) is 5.41 Å². The van der Waals surface area contributed by atoms with Crippen LogP contribution in [0.2, 0.25) is 0 Å². The van der Waals surface area contributed by atoms with E-state index in [9.17, 15) is 9.59 Å². The fraction of sp³-hybridized carbons (Fsp3) is 0.692. The number of hydrogen-bond acceptors (Lipinski definition) is 4. The molecular weight excluding hydrogens is 258 g/mol. The van der Waals surface area contributed by atoms with Gasteiger partial charge in [0.15, 0.2) is 0 Å². The molecular formula is C13H19N5O2. The molecule has 1 aliphatic heterocycles. The van der Waals surface area contributed by atoms with Crippen LogP contribution in [-0.2, 0) is 9.59 Å². The van der Waals surface area contributed by atoms with Crippen molar-refractivity contribution in [3.63, 3.8) is 0 Å². The van der Waals surface area contributed by atoms with E-state index in [-0.39, 0.29) is 17.9 Å². The molecule has 1 aromatic heterocycles. The molecule has 2 heterocycles. The van der Waals surface area contributed by atoms with Crippen LogP contribution in [0.1, 0.15) is 31.7 Å². The van der Waals surface area contributed by atoms with Gasteiger partial charge in [0.2, 0.25) is 11.8 Å². The van der Waals surface area contributed by atoms with Crippen LogP contribution in [-0.4, -0.2) is 51.6 Å². The molecule has 20 heavy (non-hydrogen) atoms. The van der Waals surface area contributed by atoms with Crippen molar-refractivity contribution >= 4 is 11.8 Å². The number of likely N-dealkylation sites (tertiary alicyclic amines) is 1. The molecule has 108 valence electrons. The molecule has 1 atom stereocenters. The summed E-state index contributed by atoms with van der Waals surface area (Å²) in [6, 6.07) is 0.163. The van der Waals surface area contributed by atoms with Crippen molar-refractivity contribution < 1.29 is 9.59 Å². The highest BCUT2D eigenvalue weighted by Crippen LogP contribution is 2.48. The third-order valence-electron chi connectivity index (χ3n) is 4.32. The van der Waals surface area contributed by atoms with Crippen LogP contribution in [0.5, 0.6) is 0 Å². The number of carbonyl (C=O) groups excluding carboxylic acids is 2. The Kier molecular flexibility index (Phi) is 3.19. The Morgan fingerprint density at radius 2 is 2.20 bits per heavy atom. The van der Waals surface area contributed by atoms with Gasteiger partial charge in [0, 0.05) is 20.1 Å². The summed E-state index contributed by atoms with van der Waals surface area (Å²) in [5.41, 5.74) is -0.793. The lowest BCUT2D eigenvalue weighted by molar-refractivity contribution is -0.145. The molecule has 0 unspecified atom stereocenters. The van der Waals surface area contributed by atoms with Crippen LogP contribution in [0.15, 0.2) is 12.7 Å². The van der Waals surface area contributed by atoms with Gasteiger partial charge in [-0.1, -0.05) is 0 Å². The zero-order chi connectivity index (χ0) is 14.2. The van der Waals surface area contributed by atoms with E-state index in [1.54, 1.807) is 18.1 Å². The fourth-order valence-corrected chi connectivity index (χ4v) is 2.97. The first kappa shape index (κ1) is 13.1. The molecule has 3 rings (SSSR count). The largest absolute Gasteiger partial charge is 0.358 e. The maximum Gasteiger partial charge on any atom is 0.238 e. The van der Waals surface area contributed by atoms with Crippen LogP contribution < -0.4 is 5.32 Å². The SMILES string of the molecule is CNC(=O)C1(C(=O)N2CCC[C@H](n3cncn3)C2)CC1. The molecule has 0 bridgehead atoms. The van der Waals surface area contributed by atoms with E-state index in [1.165, 1.54) is 6.33 Å². The van der Waals surface area contributed by atoms with E-state index in [2.05, 4.69) is 15.4 Å². The zero-order valence-corrected chi connectivity index (χ0v) is 11.6. The van der Waals surface area contributed by atoms with Crippen molar-refractivity contribution in [3.8, 4) is 0 Å². The second-order valence-electron chi connectivity index (χ2n) is 5.58. The lowest BCUT2D eigenvalue weighted by Crippen LogP contribution is -2.48. The molecule has 1 saturated heterocycles. The average Bonchev–Trinajstić information content (AvgIpc) is 3.12. The summed E-state index contributed by atoms with van der Waals surface area (Å²) >= 11 is 0. The third-order valence-corrected chi connectivity index (χ3v) is 4.32. The number of rotatable bonds is 3. The fourth-order valence-electron chi connectivity index (χ4n) is 2.97. The summed E-state index contributed by atoms with van der Waals surface area (Å²) in [5, 5.41) is 6.76.